The first-order valence-electron chi connectivity index (χ1n) is 9.96. The van der Waals surface area contributed by atoms with Crippen molar-refractivity contribution >= 4 is 17.6 Å². The monoisotopic (exact) mass is 396 g/mol. The Balaban J connectivity index is 1.57. The fourth-order valence-corrected chi connectivity index (χ4v) is 4.32. The van der Waals surface area contributed by atoms with Crippen LogP contribution in [0.1, 0.15) is 19.4 Å². The largest absolute Gasteiger partial charge is 0.328 e. The Morgan fingerprint density at radius 2 is 2.00 bits per heavy atom. The maximum Gasteiger partial charge on any atom is 0.328 e. The number of hydrogen-bond donors (Lipinski definition) is 1. The van der Waals surface area contributed by atoms with Gasteiger partial charge in [0.2, 0.25) is 0 Å². The minimum absolute atomic E-state index is 0.172. The molecule has 29 heavy (non-hydrogen) atoms. The first-order valence-corrected chi connectivity index (χ1v) is 9.96. The fraction of sp³-hybridized carbons (Fsp3) is 0.476. The number of likely N-dealkylation sites (N-methyl/N-ethyl adjacent to an activating group) is 1. The van der Waals surface area contributed by atoms with Crippen LogP contribution in [0.15, 0.2) is 47.6 Å². The van der Waals surface area contributed by atoms with Crippen LogP contribution in [0, 0.1) is 0 Å². The molecule has 2 fully saturated rings. The number of nitrogens with zero attached hydrogens (tertiary/aromatic N) is 5. The van der Waals surface area contributed by atoms with Gasteiger partial charge in [-0.25, -0.2) is 9.69 Å². The van der Waals surface area contributed by atoms with Crippen molar-refractivity contribution in [3.05, 3.63) is 48.0 Å². The normalized spacial score (nSPS) is 27.1. The third kappa shape index (κ3) is 3.54. The maximum atomic E-state index is 13.2. The molecular formula is C21H28N6O2. The molecule has 0 bridgehead atoms. The minimum atomic E-state index is -0.438. The van der Waals surface area contributed by atoms with Crippen LogP contribution < -0.4 is 5.32 Å². The molecule has 1 N–H and O–H groups in total. The van der Waals surface area contributed by atoms with Crippen molar-refractivity contribution in [2.24, 2.45) is 5.10 Å². The van der Waals surface area contributed by atoms with Crippen LogP contribution in [0.4, 0.5) is 4.79 Å². The third-order valence-corrected chi connectivity index (χ3v) is 5.65. The first-order chi connectivity index (χ1) is 13.9. The molecule has 3 heterocycles. The van der Waals surface area contributed by atoms with Gasteiger partial charge in [-0.3, -0.25) is 20.0 Å². The molecule has 3 aliphatic heterocycles. The number of amides is 3. The van der Waals surface area contributed by atoms with E-state index in [1.165, 1.54) is 10.5 Å². The highest BCUT2D eigenvalue weighted by molar-refractivity contribution is 6.01. The van der Waals surface area contributed by atoms with Gasteiger partial charge in [0, 0.05) is 25.8 Å². The Hall–Kier alpha value is -2.71. The van der Waals surface area contributed by atoms with E-state index < -0.39 is 6.04 Å². The summed E-state index contributed by atoms with van der Waals surface area (Å²) in [6, 6.07) is 9.55. The van der Waals surface area contributed by atoms with Crippen molar-refractivity contribution in [1.29, 1.82) is 0 Å². The predicted molar refractivity (Wildman–Crippen MR) is 111 cm³/mol. The van der Waals surface area contributed by atoms with Crippen molar-refractivity contribution in [3.63, 3.8) is 0 Å². The summed E-state index contributed by atoms with van der Waals surface area (Å²) in [6.45, 7) is 9.23. The number of hydrazone groups is 1. The highest BCUT2D eigenvalue weighted by Gasteiger charge is 2.56. The zero-order valence-electron chi connectivity index (χ0n) is 17.2. The number of nitrogens with one attached hydrogen (secondary N) is 1. The molecule has 3 amide bonds. The van der Waals surface area contributed by atoms with E-state index in [9.17, 15) is 9.59 Å². The standard InChI is InChI=1S/C21H28N6O2/c1-14(2)12-26-19(28)17-18(24(4)21(26)29)22-20-25(17)13-15(3)23-27(20)11-10-16-8-6-5-7-9-16/h5-9,17-18,20,22H,1,10-13H2,2-4H3. The van der Waals surface area contributed by atoms with Gasteiger partial charge in [0.05, 0.1) is 6.54 Å². The van der Waals surface area contributed by atoms with Gasteiger partial charge in [-0.1, -0.05) is 42.5 Å². The highest BCUT2D eigenvalue weighted by atomic mass is 16.2. The van der Waals surface area contributed by atoms with Gasteiger partial charge in [-0.2, -0.15) is 5.10 Å². The summed E-state index contributed by atoms with van der Waals surface area (Å²) in [4.78, 5) is 31.1. The van der Waals surface area contributed by atoms with E-state index in [1.54, 1.807) is 11.9 Å². The van der Waals surface area contributed by atoms with Crippen LogP contribution in [-0.4, -0.2) is 82.5 Å². The van der Waals surface area contributed by atoms with Crippen LogP contribution in [0.3, 0.4) is 0 Å². The van der Waals surface area contributed by atoms with Gasteiger partial charge in [-0.15, -0.1) is 0 Å². The minimum Gasteiger partial charge on any atom is -0.310 e. The number of benzene rings is 1. The summed E-state index contributed by atoms with van der Waals surface area (Å²) in [5.74, 6) is -0.172. The Kier molecular flexibility index (Phi) is 5.14. The van der Waals surface area contributed by atoms with Crippen molar-refractivity contribution in [3.8, 4) is 0 Å². The van der Waals surface area contributed by atoms with Crippen molar-refractivity contribution in [1.82, 2.24) is 25.0 Å². The van der Waals surface area contributed by atoms with Crippen LogP contribution >= 0.6 is 0 Å². The van der Waals surface area contributed by atoms with Gasteiger partial charge < -0.3 is 4.90 Å². The zero-order valence-corrected chi connectivity index (χ0v) is 17.2. The van der Waals surface area contributed by atoms with Crippen molar-refractivity contribution < 1.29 is 9.59 Å². The number of rotatable bonds is 5. The molecule has 0 saturated carbocycles. The highest BCUT2D eigenvalue weighted by Crippen LogP contribution is 2.30. The molecule has 8 heteroatoms. The number of imide groups is 1. The van der Waals surface area contributed by atoms with E-state index in [-0.39, 0.29) is 30.9 Å². The summed E-state index contributed by atoms with van der Waals surface area (Å²) < 4.78 is 0. The Morgan fingerprint density at radius 1 is 1.28 bits per heavy atom. The Bertz CT molecular complexity index is 854. The molecule has 4 rings (SSSR count). The number of carbonyl (C=O) groups excluding carboxylic acids is 2. The summed E-state index contributed by atoms with van der Waals surface area (Å²) in [5.41, 5.74) is 2.97. The molecular weight excluding hydrogens is 368 g/mol. The topological polar surface area (TPSA) is 71.5 Å². The van der Waals surface area contributed by atoms with E-state index in [4.69, 9.17) is 5.10 Å². The lowest BCUT2D eigenvalue weighted by atomic mass is 10.1. The van der Waals surface area contributed by atoms with Gasteiger partial charge in [0.25, 0.3) is 5.91 Å². The summed E-state index contributed by atoms with van der Waals surface area (Å²) in [6.07, 6.45) is 0.256. The molecule has 8 nitrogen and oxygen atoms in total. The molecule has 3 aliphatic rings. The predicted octanol–water partition coefficient (Wildman–Crippen LogP) is 1.27. The van der Waals surface area contributed by atoms with Gasteiger partial charge in [0.15, 0.2) is 6.29 Å². The molecule has 3 unspecified atom stereocenters. The van der Waals surface area contributed by atoms with Crippen molar-refractivity contribution in [2.45, 2.75) is 38.8 Å². The molecule has 0 aliphatic carbocycles. The molecule has 154 valence electrons. The Labute approximate surface area is 171 Å². The van der Waals surface area contributed by atoms with Crippen LogP contribution in [0.25, 0.3) is 0 Å². The van der Waals surface area contributed by atoms with Gasteiger partial charge in [-0.05, 0) is 25.8 Å². The quantitative estimate of drug-likeness (QED) is 0.759. The number of fused-ring (bicyclic) bond motifs is 3. The lowest BCUT2D eigenvalue weighted by Crippen LogP contribution is -2.66. The molecule has 0 aromatic heterocycles. The summed E-state index contributed by atoms with van der Waals surface area (Å²) >= 11 is 0. The van der Waals surface area contributed by atoms with E-state index >= 15 is 0 Å². The van der Waals surface area contributed by atoms with E-state index in [0.29, 0.717) is 6.54 Å². The fourth-order valence-electron chi connectivity index (χ4n) is 4.32. The molecule has 1 aromatic carbocycles. The van der Waals surface area contributed by atoms with E-state index in [0.717, 1.165) is 24.3 Å². The molecule has 3 atom stereocenters. The van der Waals surface area contributed by atoms with Crippen LogP contribution in [0.2, 0.25) is 0 Å². The van der Waals surface area contributed by atoms with Crippen LogP contribution in [0.5, 0.6) is 0 Å². The zero-order chi connectivity index (χ0) is 20.7. The smallest absolute Gasteiger partial charge is 0.310 e. The van der Waals surface area contributed by atoms with E-state index in [1.807, 2.05) is 37.1 Å². The van der Waals surface area contributed by atoms with Gasteiger partial charge >= 0.3 is 6.03 Å². The lowest BCUT2D eigenvalue weighted by molar-refractivity contribution is -0.138. The second kappa shape index (κ2) is 7.61. The first kappa shape index (κ1) is 19.6. The number of carbonyl (C=O) groups is 2. The average molecular weight is 396 g/mol. The third-order valence-electron chi connectivity index (χ3n) is 5.65. The number of urea groups is 1. The van der Waals surface area contributed by atoms with Crippen molar-refractivity contribution in [2.75, 3.05) is 26.7 Å². The average Bonchev–Trinajstić information content (AvgIpc) is 3.08. The molecule has 0 radical (unpaired) electrons. The summed E-state index contributed by atoms with van der Waals surface area (Å²) in [7, 11) is 1.74. The maximum absolute atomic E-state index is 13.2. The molecule has 1 aromatic rings. The Morgan fingerprint density at radius 3 is 2.69 bits per heavy atom. The molecule has 2 saturated heterocycles. The van der Waals surface area contributed by atoms with E-state index in [2.05, 4.69) is 28.9 Å². The second-order valence-electron chi connectivity index (χ2n) is 8.11. The lowest BCUT2D eigenvalue weighted by Gasteiger charge is -2.42. The van der Waals surface area contributed by atoms with Gasteiger partial charge in [0.1, 0.15) is 12.2 Å². The second-order valence-corrected chi connectivity index (χ2v) is 8.11. The number of hydrogen-bond acceptors (Lipinski definition) is 6. The van der Waals surface area contributed by atoms with Crippen LogP contribution in [-0.2, 0) is 11.2 Å². The molecule has 0 spiro atoms. The SMILES string of the molecule is C=C(C)CN1C(=O)C2C(NC3N(CCc4ccccc4)N=C(C)CN23)N(C)C1=O. The summed E-state index contributed by atoms with van der Waals surface area (Å²) in [5, 5.41) is 10.2.